The Morgan fingerprint density at radius 3 is 0.836 bits per heavy atom. The molecule has 0 amide bonds. The Morgan fingerprint density at radius 2 is 0.600 bits per heavy atom. The number of aromatic carboxylic acids is 1. The molecule has 0 heterocycles. The number of carboxylic acids is 1. The first-order valence-corrected chi connectivity index (χ1v) is 23.9. The fourth-order valence-corrected chi connectivity index (χ4v) is 7.42. The third-order valence-electron chi connectivity index (χ3n) is 11.0. The van der Waals surface area contributed by atoms with Gasteiger partial charge < -0.3 is 24.1 Å². The summed E-state index contributed by atoms with van der Waals surface area (Å²) >= 11 is 0. The molecule has 316 valence electrons. The molecule has 1 rings (SSSR count). The summed E-state index contributed by atoms with van der Waals surface area (Å²) in [6.45, 7) is 8.49. The summed E-state index contributed by atoms with van der Waals surface area (Å²) < 4.78 is 18.9. The molecule has 0 saturated heterocycles. The normalized spacial score (nSPS) is 11.1. The predicted molar refractivity (Wildman–Crippen MR) is 230 cm³/mol. The summed E-state index contributed by atoms with van der Waals surface area (Å²) in [5.41, 5.74) is 0.0853. The Balaban J connectivity index is 0.0000292. The van der Waals surface area contributed by atoms with Crippen LogP contribution in [0.3, 0.4) is 0 Å². The molecule has 0 radical (unpaired) electrons. The van der Waals surface area contributed by atoms with Gasteiger partial charge in [-0.1, -0.05) is 233 Å². The molecule has 6 heteroatoms. The van der Waals surface area contributed by atoms with Crippen LogP contribution < -0.4 is 48.9 Å². The summed E-state index contributed by atoms with van der Waals surface area (Å²) in [7, 11) is 0. The Hall–Kier alpha value is -0.910. The maximum Gasteiger partial charge on any atom is 1.00 e. The molecule has 0 saturated carbocycles. The summed E-state index contributed by atoms with van der Waals surface area (Å²) in [4.78, 5) is 12.0. The summed E-state index contributed by atoms with van der Waals surface area (Å²) in [5.74, 6) is 0.292. The summed E-state index contributed by atoms with van der Waals surface area (Å²) in [6, 6.07) is 3.15. The zero-order valence-corrected chi connectivity index (χ0v) is 39.3. The van der Waals surface area contributed by atoms with Gasteiger partial charge in [0.1, 0.15) is 0 Å². The van der Waals surface area contributed by atoms with Crippen molar-refractivity contribution >= 4 is 5.97 Å². The average Bonchev–Trinajstić information content (AvgIpc) is 3.17. The van der Waals surface area contributed by atoms with Crippen LogP contribution in [0.25, 0.3) is 0 Å². The van der Waals surface area contributed by atoms with Gasteiger partial charge in [-0.2, -0.15) is 0 Å². The number of hydrogen-bond donors (Lipinski definition) is 0. The van der Waals surface area contributed by atoms with E-state index in [0.29, 0.717) is 37.1 Å². The van der Waals surface area contributed by atoms with E-state index in [2.05, 4.69) is 20.8 Å². The van der Waals surface area contributed by atoms with Crippen LogP contribution in [0.5, 0.6) is 17.2 Å². The Kier molecular flexibility index (Phi) is 42.0. The van der Waals surface area contributed by atoms with E-state index in [1.807, 2.05) is 0 Å². The first kappa shape index (κ1) is 54.1. The minimum absolute atomic E-state index is 0. The number of hydrogen-bond acceptors (Lipinski definition) is 5. The maximum absolute atomic E-state index is 12.0. The van der Waals surface area contributed by atoms with Gasteiger partial charge in [0.2, 0.25) is 5.75 Å². The van der Waals surface area contributed by atoms with E-state index in [1.165, 1.54) is 193 Å². The van der Waals surface area contributed by atoms with Crippen molar-refractivity contribution in [2.75, 3.05) is 19.8 Å². The second kappa shape index (κ2) is 42.7. The number of rotatable bonds is 43. The van der Waals surface area contributed by atoms with Gasteiger partial charge in [-0.25, -0.2) is 0 Å². The average molecular weight is 781 g/mol. The Labute approximate surface area is 364 Å². The molecule has 0 spiro atoms. The minimum Gasteiger partial charge on any atom is -0.545 e. The van der Waals surface area contributed by atoms with Crippen LogP contribution in [0.1, 0.15) is 262 Å². The van der Waals surface area contributed by atoms with Crippen LogP contribution in [0.15, 0.2) is 12.1 Å². The quantitative estimate of drug-likeness (QED) is 0.0488. The first-order chi connectivity index (χ1) is 26.6. The molecule has 0 aliphatic heterocycles. The molecular formula is C49H89NaO5. The Bertz CT molecular complexity index is 902. The van der Waals surface area contributed by atoms with E-state index in [4.69, 9.17) is 14.2 Å². The van der Waals surface area contributed by atoms with Crippen molar-refractivity contribution in [2.45, 2.75) is 252 Å². The molecule has 1 aromatic carbocycles. The van der Waals surface area contributed by atoms with Crippen molar-refractivity contribution in [3.8, 4) is 17.2 Å². The largest absolute Gasteiger partial charge is 1.00 e. The summed E-state index contributed by atoms with van der Waals surface area (Å²) in [5, 5.41) is 12.0. The minimum atomic E-state index is -1.21. The molecular weight excluding hydrogens is 692 g/mol. The van der Waals surface area contributed by atoms with Gasteiger partial charge in [-0.3, -0.25) is 0 Å². The fraction of sp³-hybridized carbons (Fsp3) is 0.857. The standard InChI is InChI=1S/C49H90O5.Na/c1-4-7-10-13-16-19-22-25-28-31-34-37-40-52-46-43-45(49(50)51)44-47(53-41-38-35-32-29-26-23-20-17-14-11-8-5-2)48(46)54-42-39-36-33-30-27-24-21-18-15-12-9-6-3;/h43-44H,4-42H2,1-3H3,(H,50,51);/q;+1/p-1. The molecule has 0 aliphatic carbocycles. The monoisotopic (exact) mass is 781 g/mol. The van der Waals surface area contributed by atoms with E-state index >= 15 is 0 Å². The van der Waals surface area contributed by atoms with Gasteiger partial charge >= 0.3 is 29.6 Å². The van der Waals surface area contributed by atoms with Crippen molar-refractivity contribution in [2.24, 2.45) is 0 Å². The number of unbranched alkanes of at least 4 members (excludes halogenated alkanes) is 33. The van der Waals surface area contributed by atoms with E-state index in [9.17, 15) is 9.90 Å². The summed E-state index contributed by atoms with van der Waals surface area (Å²) in [6.07, 6.45) is 46.4. The van der Waals surface area contributed by atoms with Crippen LogP contribution in [-0.4, -0.2) is 25.8 Å². The molecule has 5 nitrogen and oxygen atoms in total. The van der Waals surface area contributed by atoms with Crippen molar-refractivity contribution in [3.05, 3.63) is 17.7 Å². The molecule has 0 N–H and O–H groups in total. The number of carbonyl (C=O) groups is 1. The molecule has 55 heavy (non-hydrogen) atoms. The van der Waals surface area contributed by atoms with Crippen molar-refractivity contribution in [1.29, 1.82) is 0 Å². The second-order valence-electron chi connectivity index (χ2n) is 16.3. The molecule has 0 bridgehead atoms. The van der Waals surface area contributed by atoms with Gasteiger partial charge in [0.25, 0.3) is 0 Å². The van der Waals surface area contributed by atoms with E-state index in [0.717, 1.165) is 38.5 Å². The molecule has 0 atom stereocenters. The van der Waals surface area contributed by atoms with Gasteiger partial charge in [-0.15, -0.1) is 0 Å². The third kappa shape index (κ3) is 33.7. The van der Waals surface area contributed by atoms with Crippen molar-refractivity contribution in [3.63, 3.8) is 0 Å². The topological polar surface area (TPSA) is 67.8 Å². The number of benzene rings is 1. The van der Waals surface area contributed by atoms with Crippen LogP contribution in [0, 0.1) is 0 Å². The number of ether oxygens (including phenoxy) is 3. The van der Waals surface area contributed by atoms with Crippen molar-refractivity contribution < 1.29 is 53.7 Å². The number of carbonyl (C=O) groups excluding carboxylic acids is 1. The first-order valence-electron chi connectivity index (χ1n) is 23.9. The van der Waals surface area contributed by atoms with Crippen LogP contribution in [-0.2, 0) is 0 Å². The van der Waals surface area contributed by atoms with Crippen LogP contribution in [0.2, 0.25) is 0 Å². The van der Waals surface area contributed by atoms with Crippen LogP contribution >= 0.6 is 0 Å². The molecule has 1 aromatic rings. The van der Waals surface area contributed by atoms with E-state index < -0.39 is 5.97 Å². The SMILES string of the molecule is CCCCCCCCCCCCCCOc1cc(C(=O)[O-])cc(OCCCCCCCCCCCCCC)c1OCCCCCCCCCCCCCC.[Na+]. The van der Waals surface area contributed by atoms with Gasteiger partial charge in [-0.05, 0) is 31.4 Å². The van der Waals surface area contributed by atoms with Gasteiger partial charge in [0.15, 0.2) is 11.5 Å². The second-order valence-corrected chi connectivity index (χ2v) is 16.3. The van der Waals surface area contributed by atoms with Crippen molar-refractivity contribution in [1.82, 2.24) is 0 Å². The third-order valence-corrected chi connectivity index (χ3v) is 11.0. The zero-order valence-electron chi connectivity index (χ0n) is 37.3. The number of carboxylic acid groups (broad SMARTS) is 1. The van der Waals surface area contributed by atoms with Gasteiger partial charge in [0, 0.05) is 5.56 Å². The maximum atomic E-state index is 12.0. The Morgan fingerprint density at radius 1 is 0.382 bits per heavy atom. The zero-order chi connectivity index (χ0) is 39.0. The fourth-order valence-electron chi connectivity index (χ4n) is 7.42. The van der Waals surface area contributed by atoms with Gasteiger partial charge in [0.05, 0.1) is 25.8 Å². The molecule has 0 aromatic heterocycles. The smallest absolute Gasteiger partial charge is 0.545 e. The predicted octanol–water partition coefficient (Wildman–Crippen LogP) is 12.3. The molecule has 0 unspecified atom stereocenters. The van der Waals surface area contributed by atoms with E-state index in [-0.39, 0.29) is 35.1 Å². The molecule has 0 aliphatic rings. The van der Waals surface area contributed by atoms with E-state index in [1.54, 1.807) is 12.1 Å². The molecule has 0 fully saturated rings. The van der Waals surface area contributed by atoms with Crippen LogP contribution in [0.4, 0.5) is 0 Å².